The average Bonchev–Trinajstić information content (AvgIpc) is 2.67. The van der Waals surface area contributed by atoms with E-state index >= 15 is 0 Å². The molecule has 1 saturated heterocycles. The number of carbonyl (C=O) groups excluding carboxylic acids is 1. The van der Waals surface area contributed by atoms with Gasteiger partial charge < -0.3 is 15.1 Å². The third-order valence-electron chi connectivity index (χ3n) is 4.83. The molecule has 0 saturated carbocycles. The largest absolute Gasteiger partial charge is 0.348 e. The Morgan fingerprint density at radius 3 is 2.50 bits per heavy atom. The summed E-state index contributed by atoms with van der Waals surface area (Å²) in [6, 6.07) is 12.0. The third kappa shape index (κ3) is 4.38. The van der Waals surface area contributed by atoms with Crippen molar-refractivity contribution in [2.45, 2.75) is 26.8 Å². The maximum absolute atomic E-state index is 12.8. The molecule has 3 rings (SSSR count). The molecule has 1 aliphatic rings. The minimum Gasteiger partial charge on any atom is -0.348 e. The molecule has 6 nitrogen and oxygen atoms in total. The first kappa shape index (κ1) is 18.3. The predicted octanol–water partition coefficient (Wildman–Crippen LogP) is 2.74. The molecule has 0 bridgehead atoms. The van der Waals surface area contributed by atoms with Gasteiger partial charge in [0.05, 0.1) is 6.04 Å². The van der Waals surface area contributed by atoms with Crippen LogP contribution in [0.1, 0.15) is 41.6 Å². The van der Waals surface area contributed by atoms with Crippen LogP contribution in [0.2, 0.25) is 0 Å². The van der Waals surface area contributed by atoms with Crippen molar-refractivity contribution in [1.82, 2.24) is 19.8 Å². The van der Waals surface area contributed by atoms with Crippen molar-refractivity contribution in [3.63, 3.8) is 0 Å². The lowest BCUT2D eigenvalue weighted by Gasteiger charge is -2.33. The zero-order valence-electron chi connectivity index (χ0n) is 15.8. The van der Waals surface area contributed by atoms with E-state index in [2.05, 4.69) is 46.2 Å². The molecule has 1 amide bonds. The van der Waals surface area contributed by atoms with Gasteiger partial charge in [-0.1, -0.05) is 37.3 Å². The van der Waals surface area contributed by atoms with Crippen LogP contribution in [-0.4, -0.2) is 58.4 Å². The van der Waals surface area contributed by atoms with Gasteiger partial charge >= 0.3 is 0 Å². The molecule has 1 aromatic heterocycles. The number of rotatable bonds is 5. The molecule has 1 fully saturated rings. The van der Waals surface area contributed by atoms with Gasteiger partial charge in [0.15, 0.2) is 0 Å². The maximum atomic E-state index is 12.8. The molecule has 1 aliphatic heterocycles. The van der Waals surface area contributed by atoms with E-state index in [-0.39, 0.29) is 11.9 Å². The Kier molecular flexibility index (Phi) is 5.83. The first-order valence-electron chi connectivity index (χ1n) is 9.25. The van der Waals surface area contributed by atoms with Gasteiger partial charge in [0.25, 0.3) is 5.91 Å². The summed E-state index contributed by atoms with van der Waals surface area (Å²) >= 11 is 0. The van der Waals surface area contributed by atoms with Gasteiger partial charge in [0, 0.05) is 31.9 Å². The summed E-state index contributed by atoms with van der Waals surface area (Å²) < 4.78 is 0. The van der Waals surface area contributed by atoms with Crippen molar-refractivity contribution in [3.05, 3.63) is 53.3 Å². The summed E-state index contributed by atoms with van der Waals surface area (Å²) in [5, 5.41) is 3.31. The van der Waals surface area contributed by atoms with Gasteiger partial charge in [0.1, 0.15) is 5.69 Å². The van der Waals surface area contributed by atoms with E-state index in [9.17, 15) is 4.79 Å². The Bertz CT molecular complexity index is 741. The number of nitrogens with one attached hydrogen (secondary N) is 1. The Morgan fingerprint density at radius 2 is 1.85 bits per heavy atom. The second-order valence-corrected chi connectivity index (χ2v) is 6.72. The fraction of sp³-hybridized carbons (Fsp3) is 0.450. The van der Waals surface area contributed by atoms with E-state index in [1.165, 1.54) is 0 Å². The first-order chi connectivity index (χ1) is 12.6. The highest BCUT2D eigenvalue weighted by molar-refractivity contribution is 5.92. The molecular formula is C20H27N5O. The van der Waals surface area contributed by atoms with Crippen LogP contribution in [-0.2, 0) is 0 Å². The second-order valence-electron chi connectivity index (χ2n) is 6.72. The summed E-state index contributed by atoms with van der Waals surface area (Å²) in [6.07, 6.45) is 0. The number of anilines is 1. The molecule has 0 spiro atoms. The van der Waals surface area contributed by atoms with Crippen molar-refractivity contribution in [3.8, 4) is 0 Å². The number of nitrogens with zero attached hydrogens (tertiary/aromatic N) is 4. The van der Waals surface area contributed by atoms with E-state index < -0.39 is 0 Å². The summed E-state index contributed by atoms with van der Waals surface area (Å²) in [4.78, 5) is 26.0. The molecule has 26 heavy (non-hydrogen) atoms. The monoisotopic (exact) mass is 353 g/mol. The number of carbonyl (C=O) groups is 1. The van der Waals surface area contributed by atoms with Crippen molar-refractivity contribution in [1.29, 1.82) is 0 Å². The third-order valence-corrected chi connectivity index (χ3v) is 4.83. The lowest BCUT2D eigenvalue weighted by Crippen LogP contribution is -2.48. The zero-order chi connectivity index (χ0) is 18.5. The number of hydrogen-bond donors (Lipinski definition) is 1. The molecule has 0 aliphatic carbocycles. The van der Waals surface area contributed by atoms with Gasteiger partial charge in [-0.2, -0.15) is 0 Å². The van der Waals surface area contributed by atoms with Gasteiger partial charge in [0.2, 0.25) is 5.95 Å². The Balaban J connectivity index is 1.72. The van der Waals surface area contributed by atoms with E-state index in [1.807, 2.05) is 30.0 Å². The lowest BCUT2D eigenvalue weighted by molar-refractivity contribution is 0.0637. The lowest BCUT2D eigenvalue weighted by atomic mass is 10.1. The highest BCUT2D eigenvalue weighted by Crippen LogP contribution is 2.17. The Hall–Kier alpha value is -2.47. The van der Waals surface area contributed by atoms with Crippen LogP contribution in [0.5, 0.6) is 0 Å². The molecule has 6 heteroatoms. The standard InChI is InChI=1S/C20H27N5O/c1-4-24-10-12-25(13-11-24)19(26)18-14-15(2)21-20(23-18)22-16(3)17-8-6-5-7-9-17/h5-9,14,16H,4,10-13H2,1-3H3,(H,21,22,23). The number of amides is 1. The van der Waals surface area contributed by atoms with Crippen molar-refractivity contribution >= 4 is 11.9 Å². The van der Waals surface area contributed by atoms with Crippen molar-refractivity contribution < 1.29 is 4.79 Å². The van der Waals surface area contributed by atoms with E-state index in [0.29, 0.717) is 11.6 Å². The van der Waals surface area contributed by atoms with Gasteiger partial charge in [-0.05, 0) is 32.0 Å². The summed E-state index contributed by atoms with van der Waals surface area (Å²) in [6.45, 7) is 10.5. The van der Waals surface area contributed by atoms with Crippen LogP contribution < -0.4 is 5.32 Å². The highest BCUT2D eigenvalue weighted by Gasteiger charge is 2.23. The normalized spacial score (nSPS) is 16.3. The van der Waals surface area contributed by atoms with Gasteiger partial charge in [-0.3, -0.25) is 4.79 Å². The van der Waals surface area contributed by atoms with Crippen LogP contribution in [0, 0.1) is 6.92 Å². The number of aryl methyl sites for hydroxylation is 1. The minimum absolute atomic E-state index is 0.0123. The SMILES string of the molecule is CCN1CCN(C(=O)c2cc(C)nc(NC(C)c3ccccc3)n2)CC1. The molecule has 1 N–H and O–H groups in total. The fourth-order valence-electron chi connectivity index (χ4n) is 3.19. The van der Waals surface area contributed by atoms with Crippen LogP contribution in [0.4, 0.5) is 5.95 Å². The zero-order valence-corrected chi connectivity index (χ0v) is 15.8. The van der Waals surface area contributed by atoms with E-state index in [1.54, 1.807) is 6.07 Å². The molecule has 1 aromatic carbocycles. The van der Waals surface area contributed by atoms with E-state index in [4.69, 9.17) is 0 Å². The molecule has 2 aromatic rings. The van der Waals surface area contributed by atoms with Crippen molar-refractivity contribution in [2.75, 3.05) is 38.0 Å². The molecule has 1 atom stereocenters. The Morgan fingerprint density at radius 1 is 1.15 bits per heavy atom. The Labute approximate surface area is 155 Å². The number of aromatic nitrogens is 2. The molecule has 138 valence electrons. The van der Waals surface area contributed by atoms with Crippen LogP contribution in [0.25, 0.3) is 0 Å². The quantitative estimate of drug-likeness (QED) is 0.896. The number of likely N-dealkylation sites (N-methyl/N-ethyl adjacent to an activating group) is 1. The minimum atomic E-state index is -0.0123. The van der Waals surface area contributed by atoms with Crippen LogP contribution in [0.15, 0.2) is 36.4 Å². The van der Waals surface area contributed by atoms with Gasteiger partial charge in [-0.15, -0.1) is 0 Å². The molecular weight excluding hydrogens is 326 g/mol. The molecule has 2 heterocycles. The summed E-state index contributed by atoms with van der Waals surface area (Å²) in [5.74, 6) is 0.485. The van der Waals surface area contributed by atoms with Crippen LogP contribution >= 0.6 is 0 Å². The summed E-state index contributed by atoms with van der Waals surface area (Å²) in [5.41, 5.74) is 2.41. The molecule has 1 unspecified atom stereocenters. The fourth-order valence-corrected chi connectivity index (χ4v) is 3.19. The van der Waals surface area contributed by atoms with Gasteiger partial charge in [-0.25, -0.2) is 9.97 Å². The van der Waals surface area contributed by atoms with Crippen LogP contribution in [0.3, 0.4) is 0 Å². The maximum Gasteiger partial charge on any atom is 0.272 e. The van der Waals surface area contributed by atoms with E-state index in [0.717, 1.165) is 44.0 Å². The van der Waals surface area contributed by atoms with Crippen molar-refractivity contribution in [2.24, 2.45) is 0 Å². The predicted molar refractivity (Wildman–Crippen MR) is 103 cm³/mol. The number of hydrogen-bond acceptors (Lipinski definition) is 5. The highest BCUT2D eigenvalue weighted by atomic mass is 16.2. The second kappa shape index (κ2) is 8.27. The number of benzene rings is 1. The molecule has 0 radical (unpaired) electrons. The first-order valence-corrected chi connectivity index (χ1v) is 9.25. The average molecular weight is 353 g/mol. The summed E-state index contributed by atoms with van der Waals surface area (Å²) in [7, 11) is 0. The smallest absolute Gasteiger partial charge is 0.272 e. The topological polar surface area (TPSA) is 61.4 Å². The number of piperazine rings is 1.